The summed E-state index contributed by atoms with van der Waals surface area (Å²) in [6.45, 7) is 0. The van der Waals surface area contributed by atoms with Gasteiger partial charge in [-0.1, -0.05) is 66.1 Å². The first kappa shape index (κ1) is 16.1. The van der Waals surface area contributed by atoms with Crippen LogP contribution >= 0.6 is 15.9 Å². The highest BCUT2D eigenvalue weighted by molar-refractivity contribution is 9.09. The van der Waals surface area contributed by atoms with Gasteiger partial charge in [-0.25, -0.2) is 0 Å². The molecule has 3 fully saturated rings. The Labute approximate surface area is 140 Å². The Morgan fingerprint density at radius 1 is 0.619 bits per heavy atom. The largest absolute Gasteiger partial charge is 0.0891 e. The van der Waals surface area contributed by atoms with E-state index >= 15 is 0 Å². The summed E-state index contributed by atoms with van der Waals surface area (Å²) in [7, 11) is 0. The van der Waals surface area contributed by atoms with Gasteiger partial charge in [0.05, 0.1) is 0 Å². The van der Waals surface area contributed by atoms with Crippen LogP contribution in [0.5, 0.6) is 0 Å². The second-order valence-corrected chi connectivity index (χ2v) is 9.14. The quantitative estimate of drug-likeness (QED) is 0.377. The molecule has 0 aliphatic heterocycles. The van der Waals surface area contributed by atoms with Crippen molar-refractivity contribution in [2.24, 2.45) is 17.8 Å². The maximum atomic E-state index is 3.81. The number of allylic oxidation sites excluding steroid dienone is 2. The van der Waals surface area contributed by atoms with Gasteiger partial charge in [0.15, 0.2) is 0 Å². The number of hydrogen-bond acceptors (Lipinski definition) is 0. The SMILES string of the molecule is BrC1CCC(C=C(C2CCCCC2)C2CCCCC2)CC1. The normalized spacial score (nSPS) is 32.8. The minimum absolute atomic E-state index is 0.801. The molecule has 0 N–H and O–H groups in total. The molecule has 0 aromatic carbocycles. The molecule has 3 aliphatic carbocycles. The summed E-state index contributed by atoms with van der Waals surface area (Å²) < 4.78 is 0. The predicted octanol–water partition coefficient (Wildman–Crippen LogP) is 7.03. The number of rotatable bonds is 3. The third-order valence-electron chi connectivity index (χ3n) is 6.28. The third-order valence-corrected chi connectivity index (χ3v) is 7.20. The lowest BCUT2D eigenvalue weighted by atomic mass is 9.72. The van der Waals surface area contributed by atoms with Gasteiger partial charge in [0.2, 0.25) is 0 Å². The molecule has 0 atom stereocenters. The van der Waals surface area contributed by atoms with Gasteiger partial charge in [-0.05, 0) is 69.1 Å². The Morgan fingerprint density at radius 2 is 1.10 bits per heavy atom. The van der Waals surface area contributed by atoms with Gasteiger partial charge in [-0.3, -0.25) is 0 Å². The third kappa shape index (κ3) is 4.60. The first-order chi connectivity index (χ1) is 10.3. The van der Waals surface area contributed by atoms with Crippen molar-refractivity contribution in [3.8, 4) is 0 Å². The van der Waals surface area contributed by atoms with Crippen LogP contribution < -0.4 is 0 Å². The summed E-state index contributed by atoms with van der Waals surface area (Å²) in [6, 6.07) is 0. The molecule has 3 aliphatic rings. The van der Waals surface area contributed by atoms with Crippen molar-refractivity contribution in [1.29, 1.82) is 0 Å². The van der Waals surface area contributed by atoms with E-state index in [1.54, 1.807) is 0 Å². The van der Waals surface area contributed by atoms with Crippen molar-refractivity contribution in [2.75, 3.05) is 0 Å². The van der Waals surface area contributed by atoms with E-state index in [1.807, 2.05) is 5.57 Å². The Bertz CT molecular complexity index is 306. The first-order valence-corrected chi connectivity index (χ1v) is 10.6. The molecule has 1 heteroatoms. The molecular weight excluding hydrogens is 320 g/mol. The fraction of sp³-hybridized carbons (Fsp3) is 0.900. The van der Waals surface area contributed by atoms with Crippen LogP contribution in [0, 0.1) is 17.8 Å². The molecule has 0 amide bonds. The molecule has 3 saturated carbocycles. The molecule has 0 unspecified atom stereocenters. The highest BCUT2D eigenvalue weighted by Gasteiger charge is 2.27. The van der Waals surface area contributed by atoms with Crippen LogP contribution in [0.2, 0.25) is 0 Å². The van der Waals surface area contributed by atoms with E-state index in [0.717, 1.165) is 22.6 Å². The molecular formula is C20H33Br. The fourth-order valence-electron chi connectivity index (χ4n) is 4.99. The maximum absolute atomic E-state index is 3.81. The molecule has 0 radical (unpaired) electrons. The van der Waals surface area contributed by atoms with E-state index in [9.17, 15) is 0 Å². The van der Waals surface area contributed by atoms with Crippen molar-refractivity contribution in [3.63, 3.8) is 0 Å². The molecule has 120 valence electrons. The van der Waals surface area contributed by atoms with Crippen LogP contribution in [0.1, 0.15) is 89.9 Å². The van der Waals surface area contributed by atoms with Gasteiger partial charge >= 0.3 is 0 Å². The molecule has 21 heavy (non-hydrogen) atoms. The van der Waals surface area contributed by atoms with Gasteiger partial charge in [0.1, 0.15) is 0 Å². The summed E-state index contributed by atoms with van der Waals surface area (Å²) in [5.74, 6) is 2.82. The topological polar surface area (TPSA) is 0 Å². The summed E-state index contributed by atoms with van der Waals surface area (Å²) in [5.41, 5.74) is 1.94. The van der Waals surface area contributed by atoms with Crippen LogP contribution in [-0.2, 0) is 0 Å². The minimum Gasteiger partial charge on any atom is -0.0891 e. The second kappa shape index (κ2) is 8.18. The van der Waals surface area contributed by atoms with Crippen LogP contribution in [0.4, 0.5) is 0 Å². The summed E-state index contributed by atoms with van der Waals surface area (Å²) in [4.78, 5) is 0.801. The molecule has 0 saturated heterocycles. The number of alkyl halides is 1. The van der Waals surface area contributed by atoms with Crippen LogP contribution in [0.15, 0.2) is 11.6 Å². The van der Waals surface area contributed by atoms with E-state index in [4.69, 9.17) is 0 Å². The number of hydrogen-bond donors (Lipinski definition) is 0. The average molecular weight is 353 g/mol. The summed E-state index contributed by atoms with van der Waals surface area (Å²) in [5, 5.41) is 0. The Morgan fingerprint density at radius 3 is 1.57 bits per heavy atom. The summed E-state index contributed by atoms with van der Waals surface area (Å²) in [6.07, 6.45) is 23.4. The van der Waals surface area contributed by atoms with E-state index in [-0.39, 0.29) is 0 Å². The Balaban J connectivity index is 1.70. The molecule has 3 rings (SSSR count). The van der Waals surface area contributed by atoms with Gasteiger partial charge in [-0.2, -0.15) is 0 Å². The van der Waals surface area contributed by atoms with Gasteiger partial charge < -0.3 is 0 Å². The Kier molecular flexibility index (Phi) is 6.27. The molecule has 0 aromatic rings. The lowest BCUT2D eigenvalue weighted by Gasteiger charge is -2.34. The van der Waals surface area contributed by atoms with E-state index in [2.05, 4.69) is 22.0 Å². The number of halogens is 1. The molecule has 0 heterocycles. The zero-order chi connectivity index (χ0) is 14.5. The van der Waals surface area contributed by atoms with Crippen LogP contribution in [-0.4, -0.2) is 4.83 Å². The van der Waals surface area contributed by atoms with Crippen molar-refractivity contribution in [3.05, 3.63) is 11.6 Å². The van der Waals surface area contributed by atoms with Gasteiger partial charge in [-0.15, -0.1) is 0 Å². The lowest BCUT2D eigenvalue weighted by Crippen LogP contribution is -2.21. The molecule has 0 bridgehead atoms. The second-order valence-electron chi connectivity index (χ2n) is 7.85. The zero-order valence-electron chi connectivity index (χ0n) is 13.7. The predicted molar refractivity (Wildman–Crippen MR) is 95.9 cm³/mol. The lowest BCUT2D eigenvalue weighted by molar-refractivity contribution is 0.319. The average Bonchev–Trinajstić information content (AvgIpc) is 2.56. The van der Waals surface area contributed by atoms with Crippen molar-refractivity contribution >= 4 is 15.9 Å². The van der Waals surface area contributed by atoms with Gasteiger partial charge in [0, 0.05) is 4.83 Å². The first-order valence-electron chi connectivity index (χ1n) is 9.68. The summed E-state index contributed by atoms with van der Waals surface area (Å²) >= 11 is 3.81. The van der Waals surface area contributed by atoms with Crippen molar-refractivity contribution in [1.82, 2.24) is 0 Å². The zero-order valence-corrected chi connectivity index (χ0v) is 15.3. The highest BCUT2D eigenvalue weighted by atomic mass is 79.9. The van der Waals surface area contributed by atoms with Crippen molar-refractivity contribution in [2.45, 2.75) is 94.7 Å². The Hall–Kier alpha value is 0.220. The molecule has 0 aromatic heterocycles. The molecule has 0 nitrogen and oxygen atoms in total. The standard InChI is InChI=1S/C20H33Br/c21-19-13-11-16(12-14-19)15-20(17-7-3-1-4-8-17)18-9-5-2-6-10-18/h15-19H,1-14H2. The van der Waals surface area contributed by atoms with Crippen LogP contribution in [0.3, 0.4) is 0 Å². The maximum Gasteiger partial charge on any atom is 0.0146 e. The smallest absolute Gasteiger partial charge is 0.0146 e. The van der Waals surface area contributed by atoms with E-state index in [0.29, 0.717) is 0 Å². The van der Waals surface area contributed by atoms with E-state index < -0.39 is 0 Å². The molecule has 0 spiro atoms. The van der Waals surface area contributed by atoms with E-state index in [1.165, 1.54) is 89.9 Å². The monoisotopic (exact) mass is 352 g/mol. The minimum atomic E-state index is 0.801. The highest BCUT2D eigenvalue weighted by Crippen LogP contribution is 2.41. The van der Waals surface area contributed by atoms with Crippen LogP contribution in [0.25, 0.3) is 0 Å². The fourth-order valence-corrected chi connectivity index (χ4v) is 5.52. The van der Waals surface area contributed by atoms with Gasteiger partial charge in [0.25, 0.3) is 0 Å². The van der Waals surface area contributed by atoms with Crippen molar-refractivity contribution < 1.29 is 0 Å².